The van der Waals surface area contributed by atoms with Crippen LogP contribution in [0.25, 0.3) is 0 Å². The molecule has 1 aliphatic carbocycles. The van der Waals surface area contributed by atoms with Crippen LogP contribution in [0.15, 0.2) is 18.3 Å². The molecule has 2 rings (SSSR count). The summed E-state index contributed by atoms with van der Waals surface area (Å²) in [7, 11) is 2.13. The third-order valence-electron chi connectivity index (χ3n) is 3.66. The van der Waals surface area contributed by atoms with Crippen molar-refractivity contribution in [2.24, 2.45) is 5.92 Å². The second-order valence-electron chi connectivity index (χ2n) is 5.05. The lowest BCUT2D eigenvalue weighted by Gasteiger charge is -2.28. The number of aromatic nitrogens is 1. The highest BCUT2D eigenvalue weighted by Crippen LogP contribution is 2.25. The Balaban J connectivity index is 1.95. The van der Waals surface area contributed by atoms with Crippen molar-refractivity contribution in [3.05, 3.63) is 24.0 Å². The molecule has 0 unspecified atom stereocenters. The average molecular weight is 234 g/mol. The molecule has 1 heterocycles. The third kappa shape index (κ3) is 3.43. The van der Waals surface area contributed by atoms with E-state index in [-0.39, 0.29) is 6.61 Å². The summed E-state index contributed by atoms with van der Waals surface area (Å²) in [6.07, 6.45) is 8.68. The molecule has 1 N–H and O–H groups in total. The van der Waals surface area contributed by atoms with Crippen LogP contribution in [0.4, 0.5) is 5.69 Å². The first-order valence-electron chi connectivity index (χ1n) is 6.56. The number of nitrogens with zero attached hydrogens (tertiary/aromatic N) is 2. The predicted octanol–water partition coefficient (Wildman–Crippen LogP) is 2.59. The minimum absolute atomic E-state index is 0.0190. The molecule has 0 aromatic carbocycles. The topological polar surface area (TPSA) is 36.4 Å². The van der Waals surface area contributed by atoms with Crippen molar-refractivity contribution >= 4 is 5.69 Å². The molecule has 0 aliphatic heterocycles. The number of rotatable bonds is 4. The molecule has 1 fully saturated rings. The lowest BCUT2D eigenvalue weighted by molar-refractivity contribution is 0.277. The van der Waals surface area contributed by atoms with E-state index in [9.17, 15) is 0 Å². The van der Waals surface area contributed by atoms with Crippen molar-refractivity contribution in [3.8, 4) is 0 Å². The Morgan fingerprint density at radius 2 is 2.12 bits per heavy atom. The zero-order valence-electron chi connectivity index (χ0n) is 10.6. The van der Waals surface area contributed by atoms with Gasteiger partial charge < -0.3 is 10.0 Å². The molecule has 1 aliphatic rings. The van der Waals surface area contributed by atoms with Gasteiger partial charge in [0.1, 0.15) is 0 Å². The van der Waals surface area contributed by atoms with E-state index >= 15 is 0 Å². The Morgan fingerprint density at radius 3 is 2.82 bits per heavy atom. The van der Waals surface area contributed by atoms with Crippen LogP contribution < -0.4 is 4.90 Å². The van der Waals surface area contributed by atoms with Gasteiger partial charge >= 0.3 is 0 Å². The summed E-state index contributed by atoms with van der Waals surface area (Å²) in [5.74, 6) is 0.833. The molecular weight excluding hydrogens is 212 g/mol. The first-order valence-corrected chi connectivity index (χ1v) is 6.56. The molecule has 0 amide bonds. The van der Waals surface area contributed by atoms with Gasteiger partial charge in [-0.2, -0.15) is 0 Å². The van der Waals surface area contributed by atoms with E-state index in [4.69, 9.17) is 5.11 Å². The zero-order valence-corrected chi connectivity index (χ0v) is 10.6. The fourth-order valence-corrected chi connectivity index (χ4v) is 2.65. The molecule has 94 valence electrons. The smallest absolute Gasteiger partial charge is 0.0853 e. The van der Waals surface area contributed by atoms with Gasteiger partial charge in [0.05, 0.1) is 12.3 Å². The number of aliphatic hydroxyl groups excluding tert-OH is 1. The first kappa shape index (κ1) is 12.4. The molecule has 0 radical (unpaired) electrons. The normalized spacial score (nSPS) is 17.1. The number of pyridine rings is 1. The van der Waals surface area contributed by atoms with Crippen LogP contribution in [0.1, 0.15) is 37.8 Å². The monoisotopic (exact) mass is 234 g/mol. The van der Waals surface area contributed by atoms with Crippen LogP contribution in [0, 0.1) is 5.92 Å². The molecule has 17 heavy (non-hydrogen) atoms. The molecule has 1 aromatic heterocycles. The molecule has 0 atom stereocenters. The van der Waals surface area contributed by atoms with Gasteiger partial charge in [0.2, 0.25) is 0 Å². The van der Waals surface area contributed by atoms with Crippen LogP contribution in [0.3, 0.4) is 0 Å². The minimum atomic E-state index is 0.0190. The second-order valence-corrected chi connectivity index (χ2v) is 5.05. The summed E-state index contributed by atoms with van der Waals surface area (Å²) >= 11 is 0. The van der Waals surface area contributed by atoms with Crippen molar-refractivity contribution in [2.75, 3.05) is 18.5 Å². The Bertz CT molecular complexity index is 348. The molecule has 0 spiro atoms. The van der Waals surface area contributed by atoms with Gasteiger partial charge in [0.25, 0.3) is 0 Å². The van der Waals surface area contributed by atoms with Gasteiger partial charge in [-0.1, -0.05) is 19.3 Å². The van der Waals surface area contributed by atoms with Crippen LogP contribution in [-0.4, -0.2) is 23.7 Å². The van der Waals surface area contributed by atoms with E-state index in [1.807, 2.05) is 12.1 Å². The molecule has 3 heteroatoms. The highest BCUT2D eigenvalue weighted by atomic mass is 16.3. The Labute approximate surface area is 103 Å². The summed E-state index contributed by atoms with van der Waals surface area (Å²) in [5, 5.41) is 9.08. The first-order chi connectivity index (χ1) is 8.29. The van der Waals surface area contributed by atoms with E-state index in [0.29, 0.717) is 0 Å². The largest absolute Gasteiger partial charge is 0.390 e. The van der Waals surface area contributed by atoms with Crippen molar-refractivity contribution < 1.29 is 5.11 Å². The SMILES string of the molecule is CN(CC1CCCCC1)c1ccnc(CO)c1. The minimum Gasteiger partial charge on any atom is -0.390 e. The van der Waals surface area contributed by atoms with Crippen molar-refractivity contribution in [1.82, 2.24) is 4.98 Å². The van der Waals surface area contributed by atoms with Crippen LogP contribution >= 0.6 is 0 Å². The van der Waals surface area contributed by atoms with Gasteiger partial charge in [0, 0.05) is 25.5 Å². The predicted molar refractivity (Wildman–Crippen MR) is 70.0 cm³/mol. The number of hydrogen-bond acceptors (Lipinski definition) is 3. The van der Waals surface area contributed by atoms with E-state index in [2.05, 4.69) is 16.9 Å². The molecule has 0 bridgehead atoms. The van der Waals surface area contributed by atoms with Crippen LogP contribution in [-0.2, 0) is 6.61 Å². The number of anilines is 1. The fraction of sp³-hybridized carbons (Fsp3) is 0.643. The van der Waals surface area contributed by atoms with Crippen LogP contribution in [0.5, 0.6) is 0 Å². The lowest BCUT2D eigenvalue weighted by atomic mass is 9.89. The Morgan fingerprint density at radius 1 is 1.35 bits per heavy atom. The van der Waals surface area contributed by atoms with Gasteiger partial charge in [-0.05, 0) is 30.9 Å². The highest BCUT2D eigenvalue weighted by molar-refractivity contribution is 5.45. The van der Waals surface area contributed by atoms with Crippen LogP contribution in [0.2, 0.25) is 0 Å². The Hall–Kier alpha value is -1.09. The Kier molecular flexibility index (Phi) is 4.37. The molecule has 1 aromatic rings. The fourth-order valence-electron chi connectivity index (χ4n) is 2.65. The molecule has 3 nitrogen and oxygen atoms in total. The van der Waals surface area contributed by atoms with E-state index in [1.165, 1.54) is 32.1 Å². The maximum atomic E-state index is 9.08. The second kappa shape index (κ2) is 6.01. The highest BCUT2D eigenvalue weighted by Gasteiger charge is 2.15. The maximum absolute atomic E-state index is 9.08. The number of aliphatic hydroxyl groups is 1. The molecular formula is C14H22N2O. The van der Waals surface area contributed by atoms with Gasteiger partial charge in [-0.15, -0.1) is 0 Å². The van der Waals surface area contributed by atoms with Gasteiger partial charge in [0.15, 0.2) is 0 Å². The average Bonchev–Trinajstić information content (AvgIpc) is 2.40. The zero-order chi connectivity index (χ0) is 12.1. The number of hydrogen-bond donors (Lipinski definition) is 1. The summed E-state index contributed by atoms with van der Waals surface area (Å²) in [6.45, 7) is 1.14. The van der Waals surface area contributed by atoms with Gasteiger partial charge in [-0.3, -0.25) is 4.98 Å². The summed E-state index contributed by atoms with van der Waals surface area (Å²) in [5.41, 5.74) is 1.91. The van der Waals surface area contributed by atoms with E-state index in [0.717, 1.165) is 23.8 Å². The van der Waals surface area contributed by atoms with Crippen molar-refractivity contribution in [2.45, 2.75) is 38.7 Å². The standard InChI is InChI=1S/C14H22N2O/c1-16(10-12-5-3-2-4-6-12)14-7-8-15-13(9-14)11-17/h7-9,12,17H,2-6,10-11H2,1H3. The quantitative estimate of drug-likeness (QED) is 0.870. The van der Waals surface area contributed by atoms with Crippen molar-refractivity contribution in [1.29, 1.82) is 0 Å². The summed E-state index contributed by atoms with van der Waals surface area (Å²) in [6, 6.07) is 3.99. The molecule has 0 saturated heterocycles. The summed E-state index contributed by atoms with van der Waals surface area (Å²) in [4.78, 5) is 6.40. The molecule has 1 saturated carbocycles. The maximum Gasteiger partial charge on any atom is 0.0853 e. The van der Waals surface area contributed by atoms with Crippen molar-refractivity contribution in [3.63, 3.8) is 0 Å². The lowest BCUT2D eigenvalue weighted by Crippen LogP contribution is -2.26. The van der Waals surface area contributed by atoms with E-state index in [1.54, 1.807) is 6.20 Å². The van der Waals surface area contributed by atoms with E-state index < -0.39 is 0 Å². The third-order valence-corrected chi connectivity index (χ3v) is 3.66. The summed E-state index contributed by atoms with van der Waals surface area (Å²) < 4.78 is 0. The van der Waals surface area contributed by atoms with Gasteiger partial charge in [-0.25, -0.2) is 0 Å².